The highest BCUT2D eigenvalue weighted by Gasteiger charge is 2.60. The average Bonchev–Trinajstić information content (AvgIpc) is 2.82. The number of benzene rings is 1. The van der Waals surface area contributed by atoms with Crippen LogP contribution in [0.3, 0.4) is 0 Å². The number of hydrogen-bond acceptors (Lipinski definition) is 6. The fraction of sp³-hybridized carbons (Fsp3) is 0.278. The van der Waals surface area contributed by atoms with E-state index in [0.717, 1.165) is 5.56 Å². The maximum atomic E-state index is 13.1. The molecule has 0 unspecified atom stereocenters. The van der Waals surface area contributed by atoms with Crippen LogP contribution in [0.5, 0.6) is 0 Å². The zero-order valence-electron chi connectivity index (χ0n) is 14.1. The highest BCUT2D eigenvalue weighted by Crippen LogP contribution is 2.52. The van der Waals surface area contributed by atoms with E-state index in [1.807, 2.05) is 6.07 Å². The van der Waals surface area contributed by atoms with Gasteiger partial charge in [-0.15, -0.1) is 0 Å². The molecular formula is C18H17N3O4. The number of nitrogens with one attached hydrogen (secondary N) is 1. The molecule has 0 radical (unpaired) electrons. The van der Waals surface area contributed by atoms with Gasteiger partial charge >= 0.3 is 5.97 Å². The first-order chi connectivity index (χ1) is 11.9. The third kappa shape index (κ3) is 2.04. The van der Waals surface area contributed by atoms with Gasteiger partial charge in [-0.2, -0.15) is 5.26 Å². The number of allylic oxidation sites excluding steroid dienone is 1. The van der Waals surface area contributed by atoms with Gasteiger partial charge in [0.25, 0.3) is 0 Å². The number of amides is 1. The highest BCUT2D eigenvalue weighted by atomic mass is 16.5. The first kappa shape index (κ1) is 16.6. The molecular weight excluding hydrogens is 322 g/mol. The number of esters is 1. The van der Waals surface area contributed by atoms with Crippen LogP contribution in [0, 0.1) is 18.3 Å². The van der Waals surface area contributed by atoms with E-state index in [2.05, 4.69) is 5.32 Å². The fourth-order valence-corrected chi connectivity index (χ4v) is 3.56. The molecule has 0 saturated heterocycles. The van der Waals surface area contributed by atoms with Gasteiger partial charge in [0.05, 0.1) is 6.61 Å². The summed E-state index contributed by atoms with van der Waals surface area (Å²) >= 11 is 0. The third-order valence-corrected chi connectivity index (χ3v) is 4.44. The van der Waals surface area contributed by atoms with Gasteiger partial charge in [0.1, 0.15) is 23.0 Å². The van der Waals surface area contributed by atoms with Crippen LogP contribution in [0.2, 0.25) is 0 Å². The Morgan fingerprint density at radius 3 is 2.80 bits per heavy atom. The summed E-state index contributed by atoms with van der Waals surface area (Å²) in [6, 6.07) is 7.26. The minimum Gasteiger partial charge on any atom is -0.462 e. The number of nitrogens with two attached hydrogens (primary N) is 1. The van der Waals surface area contributed by atoms with E-state index in [1.54, 1.807) is 32.0 Å². The summed E-state index contributed by atoms with van der Waals surface area (Å²) in [6.45, 7) is 5.11. The minimum absolute atomic E-state index is 0.0225. The quantitative estimate of drug-likeness (QED) is 0.793. The van der Waals surface area contributed by atoms with Crippen molar-refractivity contribution in [2.75, 3.05) is 11.9 Å². The van der Waals surface area contributed by atoms with Crippen molar-refractivity contribution in [1.29, 1.82) is 5.26 Å². The predicted octanol–water partition coefficient (Wildman–Crippen LogP) is 1.75. The van der Waals surface area contributed by atoms with Gasteiger partial charge in [-0.25, -0.2) is 4.79 Å². The smallest absolute Gasteiger partial charge is 0.339 e. The van der Waals surface area contributed by atoms with Crippen LogP contribution >= 0.6 is 0 Å². The number of aryl methyl sites for hydroxylation is 1. The SMILES string of the molecule is CCOC(=O)C1=C(C)OC(N)=C(C#N)[C@@]12C(=O)Nc1cccc(C)c12. The van der Waals surface area contributed by atoms with Crippen molar-refractivity contribution in [1.82, 2.24) is 0 Å². The number of anilines is 1. The second-order valence-corrected chi connectivity index (χ2v) is 5.81. The number of rotatable bonds is 2. The Kier molecular flexibility index (Phi) is 3.76. The summed E-state index contributed by atoms with van der Waals surface area (Å²) in [7, 11) is 0. The molecule has 25 heavy (non-hydrogen) atoms. The van der Waals surface area contributed by atoms with Crippen LogP contribution in [0.25, 0.3) is 0 Å². The van der Waals surface area contributed by atoms with Crippen molar-refractivity contribution in [2.24, 2.45) is 5.73 Å². The normalized spacial score (nSPS) is 21.6. The van der Waals surface area contributed by atoms with Gasteiger partial charge in [0, 0.05) is 11.3 Å². The third-order valence-electron chi connectivity index (χ3n) is 4.44. The molecule has 0 bridgehead atoms. The first-order valence-corrected chi connectivity index (χ1v) is 7.77. The Bertz CT molecular complexity index is 907. The molecule has 7 heteroatoms. The Labute approximate surface area is 144 Å². The second-order valence-electron chi connectivity index (χ2n) is 5.81. The topological polar surface area (TPSA) is 114 Å². The van der Waals surface area contributed by atoms with Crippen LogP contribution in [-0.4, -0.2) is 18.5 Å². The van der Waals surface area contributed by atoms with Crippen LogP contribution < -0.4 is 11.1 Å². The lowest BCUT2D eigenvalue weighted by molar-refractivity contribution is -0.140. The number of fused-ring (bicyclic) bond motifs is 2. The molecule has 1 aromatic carbocycles. The standard InChI is InChI=1S/C18H17N3O4/c1-4-24-16(22)14-10(3)25-15(20)11(8-19)18(14)13-9(2)6-5-7-12(13)21-17(18)23/h5-7H,4,20H2,1-3H3,(H,21,23)/t18-/m0/s1. The molecule has 3 N–H and O–H groups in total. The average molecular weight is 339 g/mol. The lowest BCUT2D eigenvalue weighted by Crippen LogP contribution is -2.46. The molecule has 2 aliphatic heterocycles. The van der Waals surface area contributed by atoms with Gasteiger partial charge in [0.15, 0.2) is 5.41 Å². The molecule has 2 heterocycles. The Morgan fingerprint density at radius 2 is 2.16 bits per heavy atom. The number of carbonyl (C=O) groups is 2. The van der Waals surface area contributed by atoms with Crippen molar-refractivity contribution < 1.29 is 19.1 Å². The number of hydrogen-bond donors (Lipinski definition) is 2. The second kappa shape index (κ2) is 5.67. The minimum atomic E-state index is -1.67. The van der Waals surface area contributed by atoms with Crippen LogP contribution in [-0.2, 0) is 24.5 Å². The van der Waals surface area contributed by atoms with Crippen molar-refractivity contribution >= 4 is 17.6 Å². The molecule has 3 rings (SSSR count). The van der Waals surface area contributed by atoms with E-state index >= 15 is 0 Å². The van der Waals surface area contributed by atoms with Gasteiger partial charge in [0.2, 0.25) is 11.8 Å². The van der Waals surface area contributed by atoms with Crippen LogP contribution in [0.1, 0.15) is 25.0 Å². The number of nitriles is 1. The van der Waals surface area contributed by atoms with Crippen LogP contribution in [0.4, 0.5) is 5.69 Å². The molecule has 7 nitrogen and oxygen atoms in total. The largest absolute Gasteiger partial charge is 0.462 e. The molecule has 0 aliphatic carbocycles. The molecule has 1 amide bonds. The monoisotopic (exact) mass is 339 g/mol. The van der Waals surface area contributed by atoms with Gasteiger partial charge < -0.3 is 20.5 Å². The summed E-state index contributed by atoms with van der Waals surface area (Å²) in [5, 5.41) is 12.5. The summed E-state index contributed by atoms with van der Waals surface area (Å²) in [4.78, 5) is 25.8. The lowest BCUT2D eigenvalue weighted by atomic mass is 9.67. The lowest BCUT2D eigenvalue weighted by Gasteiger charge is -2.34. The molecule has 0 aromatic heterocycles. The summed E-state index contributed by atoms with van der Waals surface area (Å²) in [5.74, 6) is -1.30. The van der Waals surface area contributed by atoms with Crippen molar-refractivity contribution in [3.63, 3.8) is 0 Å². The van der Waals surface area contributed by atoms with Crippen molar-refractivity contribution in [3.8, 4) is 6.07 Å². The molecule has 1 atom stereocenters. The maximum absolute atomic E-state index is 13.1. The van der Waals surface area contributed by atoms with Crippen molar-refractivity contribution in [3.05, 3.63) is 52.1 Å². The fourth-order valence-electron chi connectivity index (χ4n) is 3.56. The zero-order valence-corrected chi connectivity index (χ0v) is 14.1. The van der Waals surface area contributed by atoms with Gasteiger partial charge in [-0.3, -0.25) is 4.79 Å². The molecule has 2 aliphatic rings. The Morgan fingerprint density at radius 1 is 1.44 bits per heavy atom. The van der Waals surface area contributed by atoms with Crippen molar-refractivity contribution in [2.45, 2.75) is 26.2 Å². The van der Waals surface area contributed by atoms with E-state index in [4.69, 9.17) is 15.2 Å². The number of nitrogens with zero attached hydrogens (tertiary/aromatic N) is 1. The summed E-state index contributed by atoms with van der Waals surface area (Å²) < 4.78 is 10.5. The molecule has 0 saturated carbocycles. The zero-order chi connectivity index (χ0) is 18.4. The van der Waals surface area contributed by atoms with Crippen LogP contribution in [0.15, 0.2) is 41.0 Å². The Balaban J connectivity index is 2.44. The first-order valence-electron chi connectivity index (χ1n) is 7.77. The Hall–Kier alpha value is -3.27. The van der Waals surface area contributed by atoms with E-state index in [9.17, 15) is 14.9 Å². The molecule has 128 valence electrons. The van der Waals surface area contributed by atoms with E-state index < -0.39 is 17.3 Å². The summed E-state index contributed by atoms with van der Waals surface area (Å²) in [6.07, 6.45) is 0. The van der Waals surface area contributed by atoms with Gasteiger partial charge in [-0.1, -0.05) is 12.1 Å². The predicted molar refractivity (Wildman–Crippen MR) is 88.7 cm³/mol. The molecule has 1 aromatic rings. The van der Waals surface area contributed by atoms with E-state index in [0.29, 0.717) is 11.3 Å². The highest BCUT2D eigenvalue weighted by molar-refractivity contribution is 6.17. The number of carbonyl (C=O) groups excluding carboxylic acids is 2. The van der Waals surface area contributed by atoms with E-state index in [-0.39, 0.29) is 29.4 Å². The molecule has 0 fully saturated rings. The maximum Gasteiger partial charge on any atom is 0.339 e. The summed E-state index contributed by atoms with van der Waals surface area (Å²) in [5.41, 5.74) is 5.89. The number of ether oxygens (including phenoxy) is 2. The van der Waals surface area contributed by atoms with Gasteiger partial charge in [-0.05, 0) is 32.4 Å². The van der Waals surface area contributed by atoms with E-state index in [1.165, 1.54) is 6.92 Å². The molecule has 1 spiro atoms.